The average Bonchev–Trinajstić information content (AvgIpc) is 2.63. The summed E-state index contributed by atoms with van der Waals surface area (Å²) in [5.74, 6) is 0. The van der Waals surface area contributed by atoms with Gasteiger partial charge in [0.2, 0.25) is 0 Å². The Morgan fingerprint density at radius 3 is 1.50 bits per heavy atom. The van der Waals surface area contributed by atoms with Crippen molar-refractivity contribution < 1.29 is 9.05 Å². The van der Waals surface area contributed by atoms with Gasteiger partial charge in [0, 0.05) is 13.1 Å². The maximum atomic E-state index is 6.19. The van der Waals surface area contributed by atoms with E-state index in [0.29, 0.717) is 13.2 Å². The predicted octanol–water partition coefficient (Wildman–Crippen LogP) is 5.77. The van der Waals surface area contributed by atoms with Crippen LogP contribution in [0.25, 0.3) is 0 Å². The normalized spacial score (nSPS) is 11.3. The Morgan fingerprint density at radius 1 is 0.708 bits per heavy atom. The van der Waals surface area contributed by atoms with Gasteiger partial charge in [0.25, 0.3) is 8.53 Å². The Bertz CT molecular complexity index is 501. The lowest BCUT2D eigenvalue weighted by atomic mass is 10.2. The summed E-state index contributed by atoms with van der Waals surface area (Å²) < 4.78 is 14.7. The first-order valence-electron chi connectivity index (χ1n) is 8.72. The Hall–Kier alpha value is -1.25. The number of hydrogen-bond donors (Lipinski definition) is 0. The largest absolute Gasteiger partial charge is 0.317 e. The lowest BCUT2D eigenvalue weighted by molar-refractivity contribution is 0.190. The van der Waals surface area contributed by atoms with Crippen LogP contribution < -0.4 is 0 Å². The zero-order valence-electron chi connectivity index (χ0n) is 14.7. The van der Waals surface area contributed by atoms with Crippen molar-refractivity contribution in [3.05, 3.63) is 71.8 Å². The van der Waals surface area contributed by atoms with E-state index in [1.165, 1.54) is 11.1 Å². The van der Waals surface area contributed by atoms with Crippen LogP contribution in [0.1, 0.15) is 37.8 Å². The van der Waals surface area contributed by atoms with Crippen molar-refractivity contribution >= 4 is 8.53 Å². The second-order valence-corrected chi connectivity index (χ2v) is 7.27. The van der Waals surface area contributed by atoms with Crippen LogP contribution in [0.3, 0.4) is 0 Å². The molecule has 0 aliphatic carbocycles. The van der Waals surface area contributed by atoms with Gasteiger partial charge < -0.3 is 9.05 Å². The lowest BCUT2D eigenvalue weighted by Crippen LogP contribution is -2.22. The second kappa shape index (κ2) is 11.3. The summed E-state index contributed by atoms with van der Waals surface area (Å²) in [5, 5.41) is 0. The molecular weight excluding hydrogens is 317 g/mol. The van der Waals surface area contributed by atoms with Crippen LogP contribution in [0.2, 0.25) is 0 Å². The molecule has 24 heavy (non-hydrogen) atoms. The molecule has 0 fully saturated rings. The van der Waals surface area contributed by atoms with E-state index in [9.17, 15) is 0 Å². The van der Waals surface area contributed by atoms with Crippen LogP contribution in [0, 0.1) is 0 Å². The Labute approximate surface area is 147 Å². The lowest BCUT2D eigenvalue weighted by Gasteiger charge is -2.29. The van der Waals surface area contributed by atoms with Crippen molar-refractivity contribution in [1.82, 2.24) is 4.67 Å². The molecule has 0 radical (unpaired) electrons. The van der Waals surface area contributed by atoms with Gasteiger partial charge in [0.05, 0.1) is 13.2 Å². The van der Waals surface area contributed by atoms with Gasteiger partial charge in [-0.05, 0) is 24.0 Å². The molecule has 0 unspecified atom stereocenters. The van der Waals surface area contributed by atoms with Gasteiger partial charge in [-0.3, -0.25) is 0 Å². The third-order valence-corrected chi connectivity index (χ3v) is 5.13. The molecule has 0 bridgehead atoms. The molecule has 2 aromatic carbocycles. The number of rotatable bonds is 11. The van der Waals surface area contributed by atoms with E-state index in [1.807, 2.05) is 36.4 Å². The highest BCUT2D eigenvalue weighted by molar-refractivity contribution is 7.44. The summed E-state index contributed by atoms with van der Waals surface area (Å²) in [6, 6.07) is 20.6. The van der Waals surface area contributed by atoms with E-state index < -0.39 is 8.53 Å². The van der Waals surface area contributed by atoms with Gasteiger partial charge in [-0.15, -0.1) is 0 Å². The molecule has 0 aliphatic rings. The maximum absolute atomic E-state index is 6.19. The fraction of sp³-hybridized carbons (Fsp3) is 0.400. The molecule has 0 aliphatic heterocycles. The van der Waals surface area contributed by atoms with E-state index in [1.54, 1.807) is 0 Å². The topological polar surface area (TPSA) is 21.7 Å². The summed E-state index contributed by atoms with van der Waals surface area (Å²) in [6.07, 6.45) is 2.20. The van der Waals surface area contributed by atoms with Gasteiger partial charge in [-0.2, -0.15) is 0 Å². The van der Waals surface area contributed by atoms with Crippen LogP contribution in [-0.2, 0) is 22.3 Å². The maximum Gasteiger partial charge on any atom is 0.259 e. The minimum atomic E-state index is -1.05. The molecule has 3 nitrogen and oxygen atoms in total. The van der Waals surface area contributed by atoms with Crippen LogP contribution in [0.5, 0.6) is 0 Å². The molecule has 4 heteroatoms. The molecule has 0 N–H and O–H groups in total. The predicted molar refractivity (Wildman–Crippen MR) is 102 cm³/mol. The highest BCUT2D eigenvalue weighted by Crippen LogP contribution is 2.44. The first kappa shape index (κ1) is 19.1. The Kier molecular flexibility index (Phi) is 9.01. The molecule has 0 saturated carbocycles. The van der Waals surface area contributed by atoms with Gasteiger partial charge in [0.15, 0.2) is 0 Å². The molecule has 0 saturated heterocycles. The molecule has 2 aromatic rings. The number of benzene rings is 2. The second-order valence-electron chi connectivity index (χ2n) is 5.71. The van der Waals surface area contributed by atoms with Gasteiger partial charge in [-0.25, -0.2) is 4.67 Å². The number of hydrogen-bond acceptors (Lipinski definition) is 3. The fourth-order valence-corrected chi connectivity index (χ4v) is 4.05. The zero-order valence-corrected chi connectivity index (χ0v) is 15.6. The molecule has 0 spiro atoms. The SMILES string of the molecule is CCCN(CCC)P(OCc1ccccc1)OCc1ccccc1. The van der Waals surface area contributed by atoms with E-state index in [4.69, 9.17) is 9.05 Å². The summed E-state index contributed by atoms with van der Waals surface area (Å²) in [6.45, 7) is 7.58. The van der Waals surface area contributed by atoms with Crippen LogP contribution >= 0.6 is 8.53 Å². The third kappa shape index (κ3) is 6.70. The molecule has 0 amide bonds. The van der Waals surface area contributed by atoms with Crippen LogP contribution in [-0.4, -0.2) is 17.8 Å². The van der Waals surface area contributed by atoms with E-state index in [-0.39, 0.29) is 0 Å². The summed E-state index contributed by atoms with van der Waals surface area (Å²) in [5.41, 5.74) is 2.36. The minimum absolute atomic E-state index is 0.589. The minimum Gasteiger partial charge on any atom is -0.317 e. The van der Waals surface area contributed by atoms with Crippen molar-refractivity contribution in [2.75, 3.05) is 13.1 Å². The number of nitrogens with zero attached hydrogens (tertiary/aromatic N) is 1. The first-order chi connectivity index (χ1) is 11.8. The highest BCUT2D eigenvalue weighted by atomic mass is 31.2. The fourth-order valence-electron chi connectivity index (χ4n) is 2.40. The highest BCUT2D eigenvalue weighted by Gasteiger charge is 2.20. The van der Waals surface area contributed by atoms with Crippen molar-refractivity contribution in [3.63, 3.8) is 0 Å². The quantitative estimate of drug-likeness (QED) is 0.483. The molecular formula is C20H28NO2P. The molecule has 0 heterocycles. The average molecular weight is 345 g/mol. The van der Waals surface area contributed by atoms with Crippen LogP contribution in [0.15, 0.2) is 60.7 Å². The Morgan fingerprint density at radius 2 is 1.12 bits per heavy atom. The third-order valence-electron chi connectivity index (χ3n) is 3.56. The van der Waals surface area contributed by atoms with Gasteiger partial charge in [0.1, 0.15) is 0 Å². The standard InChI is InChI=1S/C20H28NO2P/c1-3-15-21(16-4-2)24(22-17-19-11-7-5-8-12-19)23-18-20-13-9-6-10-14-20/h5-14H,3-4,15-18H2,1-2H3. The smallest absolute Gasteiger partial charge is 0.259 e. The molecule has 0 atom stereocenters. The molecule has 2 rings (SSSR count). The molecule has 0 aromatic heterocycles. The van der Waals surface area contributed by atoms with E-state index >= 15 is 0 Å². The van der Waals surface area contributed by atoms with Crippen molar-refractivity contribution in [2.24, 2.45) is 0 Å². The van der Waals surface area contributed by atoms with Crippen molar-refractivity contribution in [2.45, 2.75) is 39.9 Å². The van der Waals surface area contributed by atoms with E-state index in [0.717, 1.165) is 25.9 Å². The zero-order chi connectivity index (χ0) is 17.0. The monoisotopic (exact) mass is 345 g/mol. The summed E-state index contributed by atoms with van der Waals surface area (Å²) >= 11 is 0. The van der Waals surface area contributed by atoms with Gasteiger partial charge >= 0.3 is 0 Å². The van der Waals surface area contributed by atoms with Crippen LogP contribution in [0.4, 0.5) is 0 Å². The first-order valence-corrected chi connectivity index (χ1v) is 9.85. The van der Waals surface area contributed by atoms with Gasteiger partial charge in [-0.1, -0.05) is 74.5 Å². The summed E-state index contributed by atoms with van der Waals surface area (Å²) in [7, 11) is -1.05. The summed E-state index contributed by atoms with van der Waals surface area (Å²) in [4.78, 5) is 0. The van der Waals surface area contributed by atoms with Crippen molar-refractivity contribution in [1.29, 1.82) is 0 Å². The van der Waals surface area contributed by atoms with Crippen molar-refractivity contribution in [3.8, 4) is 0 Å². The molecule has 130 valence electrons. The van der Waals surface area contributed by atoms with E-state index in [2.05, 4.69) is 42.8 Å². The Balaban J connectivity index is 1.98.